The first kappa shape index (κ1) is 6.40. The van der Waals surface area contributed by atoms with E-state index >= 15 is 0 Å². The van der Waals surface area contributed by atoms with E-state index in [0.29, 0.717) is 6.54 Å². The van der Waals surface area contributed by atoms with E-state index in [4.69, 9.17) is 4.74 Å². The van der Waals surface area contributed by atoms with Gasteiger partial charge in [0.1, 0.15) is 6.10 Å². The monoisotopic (exact) mass is 146 g/mol. The molecule has 0 saturated heterocycles. The lowest BCUT2D eigenvalue weighted by Gasteiger charge is -2.06. The van der Waals surface area contributed by atoms with E-state index in [1.807, 2.05) is 30.3 Å². The molecule has 55 valence electrons. The van der Waals surface area contributed by atoms with Gasteiger partial charge in [-0.3, -0.25) is 0 Å². The SMILES string of the molecule is [C]1=NC[C@@H](c2ccccc2)O1. The summed E-state index contributed by atoms with van der Waals surface area (Å²) < 4.78 is 5.12. The van der Waals surface area contributed by atoms with Crippen LogP contribution in [-0.2, 0) is 4.74 Å². The van der Waals surface area contributed by atoms with Gasteiger partial charge in [0.2, 0.25) is 0 Å². The van der Waals surface area contributed by atoms with Crippen LogP contribution < -0.4 is 0 Å². The van der Waals surface area contributed by atoms with Crippen LogP contribution in [0.5, 0.6) is 0 Å². The Labute approximate surface area is 65.5 Å². The van der Waals surface area contributed by atoms with E-state index in [1.165, 1.54) is 5.56 Å². The molecule has 0 fully saturated rings. The quantitative estimate of drug-likeness (QED) is 0.590. The Morgan fingerprint density at radius 2 is 2.18 bits per heavy atom. The van der Waals surface area contributed by atoms with Gasteiger partial charge < -0.3 is 4.74 Å². The van der Waals surface area contributed by atoms with Crippen molar-refractivity contribution in [1.82, 2.24) is 0 Å². The van der Waals surface area contributed by atoms with Crippen molar-refractivity contribution >= 4 is 6.40 Å². The molecule has 2 heteroatoms. The summed E-state index contributed by atoms with van der Waals surface area (Å²) in [4.78, 5) is 3.87. The van der Waals surface area contributed by atoms with Gasteiger partial charge in [0, 0.05) is 0 Å². The van der Waals surface area contributed by atoms with Gasteiger partial charge in [-0.15, -0.1) is 0 Å². The molecular formula is C9H8NO. The van der Waals surface area contributed by atoms with Crippen LogP contribution in [0.3, 0.4) is 0 Å². The highest BCUT2D eigenvalue weighted by molar-refractivity contribution is 5.49. The summed E-state index contributed by atoms with van der Waals surface area (Å²) in [5, 5.41) is 0. The van der Waals surface area contributed by atoms with Crippen LogP contribution in [0, 0.1) is 0 Å². The summed E-state index contributed by atoms with van der Waals surface area (Å²) in [6.45, 7) is 0.698. The molecular weight excluding hydrogens is 138 g/mol. The standard InChI is InChI=1S/C9H8NO/c1-2-4-8(5-3-1)9-6-10-7-11-9/h1-5,9H,6H2/t9-/m0/s1. The van der Waals surface area contributed by atoms with Crippen molar-refractivity contribution in [3.8, 4) is 0 Å². The molecule has 1 aromatic rings. The van der Waals surface area contributed by atoms with E-state index in [9.17, 15) is 0 Å². The second-order valence-electron chi connectivity index (χ2n) is 2.45. The van der Waals surface area contributed by atoms with E-state index in [-0.39, 0.29) is 6.10 Å². The van der Waals surface area contributed by atoms with Crippen LogP contribution in [0.15, 0.2) is 35.3 Å². The Bertz CT molecular complexity index is 248. The van der Waals surface area contributed by atoms with Crippen molar-refractivity contribution in [3.05, 3.63) is 35.9 Å². The molecule has 1 aliphatic rings. The molecule has 0 bridgehead atoms. The highest BCUT2D eigenvalue weighted by atomic mass is 16.5. The Kier molecular flexibility index (Phi) is 1.60. The lowest BCUT2D eigenvalue weighted by Crippen LogP contribution is -1.99. The highest BCUT2D eigenvalue weighted by Crippen LogP contribution is 2.19. The van der Waals surface area contributed by atoms with Crippen molar-refractivity contribution in [1.29, 1.82) is 0 Å². The Hall–Kier alpha value is -1.31. The van der Waals surface area contributed by atoms with Gasteiger partial charge in [0.05, 0.1) is 6.54 Å². The average Bonchev–Trinajstić information content (AvgIpc) is 2.58. The predicted molar refractivity (Wildman–Crippen MR) is 42.6 cm³/mol. The summed E-state index contributed by atoms with van der Waals surface area (Å²) in [7, 11) is 0. The molecule has 0 aromatic heterocycles. The second-order valence-corrected chi connectivity index (χ2v) is 2.45. The first-order valence-electron chi connectivity index (χ1n) is 3.59. The number of rotatable bonds is 1. The smallest absolute Gasteiger partial charge is 0.273 e. The average molecular weight is 146 g/mol. The Balaban J connectivity index is 2.17. The number of hydrogen-bond donors (Lipinski definition) is 0. The minimum atomic E-state index is 0.0937. The molecule has 1 radical (unpaired) electrons. The Morgan fingerprint density at radius 3 is 2.82 bits per heavy atom. The van der Waals surface area contributed by atoms with Crippen LogP contribution in [-0.4, -0.2) is 12.9 Å². The van der Waals surface area contributed by atoms with E-state index < -0.39 is 0 Å². The highest BCUT2D eigenvalue weighted by Gasteiger charge is 2.14. The largest absolute Gasteiger partial charge is 0.464 e. The fourth-order valence-corrected chi connectivity index (χ4v) is 1.10. The second kappa shape index (κ2) is 2.74. The van der Waals surface area contributed by atoms with Gasteiger partial charge in [0.15, 0.2) is 0 Å². The first-order chi connectivity index (χ1) is 5.47. The maximum absolute atomic E-state index is 5.12. The van der Waals surface area contributed by atoms with Gasteiger partial charge in [0.25, 0.3) is 6.40 Å². The molecule has 0 aliphatic carbocycles. The molecule has 1 aromatic carbocycles. The van der Waals surface area contributed by atoms with Gasteiger partial charge in [-0.1, -0.05) is 30.3 Å². The van der Waals surface area contributed by atoms with Crippen LogP contribution in [0.2, 0.25) is 0 Å². The van der Waals surface area contributed by atoms with Crippen molar-refractivity contribution in [3.63, 3.8) is 0 Å². The number of ether oxygens (including phenoxy) is 1. The third-order valence-corrected chi connectivity index (χ3v) is 1.69. The number of hydrogen-bond acceptors (Lipinski definition) is 2. The first-order valence-corrected chi connectivity index (χ1v) is 3.59. The summed E-state index contributed by atoms with van der Waals surface area (Å²) in [5.41, 5.74) is 1.17. The summed E-state index contributed by atoms with van der Waals surface area (Å²) in [5.74, 6) is 0. The molecule has 0 spiro atoms. The summed E-state index contributed by atoms with van der Waals surface area (Å²) >= 11 is 0. The topological polar surface area (TPSA) is 21.6 Å². The fourth-order valence-electron chi connectivity index (χ4n) is 1.10. The molecule has 1 aliphatic heterocycles. The predicted octanol–water partition coefficient (Wildman–Crippen LogP) is 1.66. The summed E-state index contributed by atoms with van der Waals surface area (Å²) in [6, 6.07) is 10.1. The zero-order valence-corrected chi connectivity index (χ0v) is 6.03. The number of benzene rings is 1. The van der Waals surface area contributed by atoms with E-state index in [1.54, 1.807) is 0 Å². The zero-order chi connectivity index (χ0) is 7.52. The summed E-state index contributed by atoms with van der Waals surface area (Å²) in [6.07, 6.45) is 2.59. The maximum Gasteiger partial charge on any atom is 0.273 e. The maximum atomic E-state index is 5.12. The molecule has 1 atom stereocenters. The van der Waals surface area contributed by atoms with Crippen molar-refractivity contribution in [2.45, 2.75) is 6.10 Å². The van der Waals surface area contributed by atoms with Gasteiger partial charge >= 0.3 is 0 Å². The fraction of sp³-hybridized carbons (Fsp3) is 0.222. The van der Waals surface area contributed by atoms with E-state index in [2.05, 4.69) is 11.4 Å². The molecule has 0 amide bonds. The van der Waals surface area contributed by atoms with Crippen LogP contribution in [0.25, 0.3) is 0 Å². The molecule has 1 heterocycles. The Morgan fingerprint density at radius 1 is 1.36 bits per heavy atom. The van der Waals surface area contributed by atoms with E-state index in [0.717, 1.165) is 0 Å². The van der Waals surface area contributed by atoms with Crippen LogP contribution >= 0.6 is 0 Å². The zero-order valence-electron chi connectivity index (χ0n) is 6.03. The van der Waals surface area contributed by atoms with Gasteiger partial charge in [-0.25, -0.2) is 4.99 Å². The van der Waals surface area contributed by atoms with Crippen molar-refractivity contribution in [2.24, 2.45) is 4.99 Å². The third kappa shape index (κ3) is 1.24. The van der Waals surface area contributed by atoms with Crippen molar-refractivity contribution < 1.29 is 4.74 Å². The van der Waals surface area contributed by atoms with Crippen LogP contribution in [0.4, 0.5) is 0 Å². The number of aliphatic imine (C=N–C) groups is 1. The molecule has 2 nitrogen and oxygen atoms in total. The normalized spacial score (nSPS) is 21.6. The molecule has 0 N–H and O–H groups in total. The molecule has 0 saturated carbocycles. The van der Waals surface area contributed by atoms with Crippen LogP contribution in [0.1, 0.15) is 11.7 Å². The molecule has 11 heavy (non-hydrogen) atoms. The lowest BCUT2D eigenvalue weighted by molar-refractivity contribution is 0.240. The number of nitrogens with zero attached hydrogens (tertiary/aromatic N) is 1. The van der Waals surface area contributed by atoms with Gasteiger partial charge in [-0.2, -0.15) is 0 Å². The minimum Gasteiger partial charge on any atom is -0.464 e. The lowest BCUT2D eigenvalue weighted by atomic mass is 10.1. The minimum absolute atomic E-state index is 0.0937. The van der Waals surface area contributed by atoms with Gasteiger partial charge in [-0.05, 0) is 5.56 Å². The van der Waals surface area contributed by atoms with Crippen molar-refractivity contribution in [2.75, 3.05) is 6.54 Å². The molecule has 2 rings (SSSR count). The third-order valence-electron chi connectivity index (χ3n) is 1.69. The molecule has 0 unspecified atom stereocenters.